The molecule has 0 bridgehead atoms. The number of ether oxygens (including phenoxy) is 1. The molecule has 3 aromatic carbocycles. The van der Waals surface area contributed by atoms with E-state index >= 15 is 0 Å². The second-order valence-corrected chi connectivity index (χ2v) is 6.80. The van der Waals surface area contributed by atoms with Crippen molar-refractivity contribution in [1.29, 1.82) is 0 Å². The van der Waals surface area contributed by atoms with E-state index in [-0.39, 0.29) is 18.1 Å². The van der Waals surface area contributed by atoms with Crippen molar-refractivity contribution in [3.8, 4) is 5.75 Å². The van der Waals surface area contributed by atoms with Crippen molar-refractivity contribution in [2.75, 3.05) is 18.4 Å². The Morgan fingerprint density at radius 1 is 0.900 bits per heavy atom. The number of nitrogens with zero attached hydrogens (tertiary/aromatic N) is 1. The fraction of sp³-hybridized carbons (Fsp3) is 0.182. The Morgan fingerprint density at radius 3 is 2.27 bits per heavy atom. The fourth-order valence-electron chi connectivity index (χ4n) is 2.78. The number of non-ortho nitro benzene ring substituents is 1. The Bertz CT molecular complexity index is 952. The SMILES string of the molecule is Cl.O=[N+]([O-])c1ccc(NCCNCc2ccccc2OCc2ccccc2Cl)cc1. The Labute approximate surface area is 186 Å². The van der Waals surface area contributed by atoms with E-state index in [4.69, 9.17) is 16.3 Å². The standard InChI is InChI=1S/C22H22ClN3O3.ClH/c23-21-7-3-1-6-18(21)16-29-22-8-4-2-5-17(22)15-24-13-14-25-19-9-11-20(12-10-19)26(27)28;/h1-12,24-25H,13-16H2;1H. The molecule has 3 rings (SSSR count). The van der Waals surface area contributed by atoms with Crippen LogP contribution >= 0.6 is 24.0 Å². The molecule has 6 nitrogen and oxygen atoms in total. The third kappa shape index (κ3) is 6.91. The lowest BCUT2D eigenvalue weighted by Gasteiger charge is -2.13. The van der Waals surface area contributed by atoms with Crippen LogP contribution in [0, 0.1) is 10.1 Å². The van der Waals surface area contributed by atoms with Crippen molar-refractivity contribution in [3.63, 3.8) is 0 Å². The molecular formula is C22H23Cl2N3O3. The average Bonchev–Trinajstić information content (AvgIpc) is 2.74. The molecule has 0 heterocycles. The summed E-state index contributed by atoms with van der Waals surface area (Å²) in [7, 11) is 0. The van der Waals surface area contributed by atoms with Crippen LogP contribution in [0.3, 0.4) is 0 Å². The van der Waals surface area contributed by atoms with Gasteiger partial charge in [0.25, 0.3) is 5.69 Å². The van der Waals surface area contributed by atoms with Crippen molar-refractivity contribution in [2.45, 2.75) is 13.2 Å². The molecular weight excluding hydrogens is 425 g/mol. The predicted octanol–water partition coefficient (Wildman–Crippen LogP) is 5.45. The fourth-order valence-corrected chi connectivity index (χ4v) is 2.97. The molecule has 0 aliphatic rings. The molecule has 0 aliphatic carbocycles. The normalized spacial score (nSPS) is 10.2. The van der Waals surface area contributed by atoms with Crippen LogP contribution in [0.25, 0.3) is 0 Å². The number of para-hydroxylation sites is 1. The largest absolute Gasteiger partial charge is 0.489 e. The highest BCUT2D eigenvalue weighted by Gasteiger charge is 2.06. The number of nitro benzene ring substituents is 1. The summed E-state index contributed by atoms with van der Waals surface area (Å²) in [5.74, 6) is 0.822. The van der Waals surface area contributed by atoms with Gasteiger partial charge in [0.1, 0.15) is 12.4 Å². The van der Waals surface area contributed by atoms with Crippen LogP contribution in [0.5, 0.6) is 5.75 Å². The average molecular weight is 448 g/mol. The highest BCUT2D eigenvalue weighted by atomic mass is 35.5. The minimum Gasteiger partial charge on any atom is -0.489 e. The van der Waals surface area contributed by atoms with Crippen molar-refractivity contribution >= 4 is 35.4 Å². The molecule has 0 amide bonds. The van der Waals surface area contributed by atoms with Gasteiger partial charge in [-0.3, -0.25) is 10.1 Å². The van der Waals surface area contributed by atoms with Gasteiger partial charge >= 0.3 is 0 Å². The summed E-state index contributed by atoms with van der Waals surface area (Å²) < 4.78 is 5.97. The highest BCUT2D eigenvalue weighted by Crippen LogP contribution is 2.22. The van der Waals surface area contributed by atoms with Crippen LogP contribution in [0.15, 0.2) is 72.8 Å². The third-order valence-corrected chi connectivity index (χ3v) is 4.71. The minimum atomic E-state index is -0.406. The molecule has 30 heavy (non-hydrogen) atoms. The predicted molar refractivity (Wildman–Crippen MR) is 123 cm³/mol. The number of benzene rings is 3. The van der Waals surface area contributed by atoms with Gasteiger partial charge in [0.2, 0.25) is 0 Å². The molecule has 2 N–H and O–H groups in total. The van der Waals surface area contributed by atoms with Crippen LogP contribution in [0.2, 0.25) is 5.02 Å². The Balaban J connectivity index is 0.00000320. The number of rotatable bonds is 10. The molecule has 0 atom stereocenters. The first kappa shape index (κ1) is 23.5. The maximum atomic E-state index is 10.7. The molecule has 8 heteroatoms. The Hall–Kier alpha value is -2.80. The van der Waals surface area contributed by atoms with E-state index in [1.807, 2.05) is 48.5 Å². The molecule has 0 saturated carbocycles. The van der Waals surface area contributed by atoms with Crippen LogP contribution in [0.4, 0.5) is 11.4 Å². The van der Waals surface area contributed by atoms with Crippen molar-refractivity contribution in [1.82, 2.24) is 5.32 Å². The van der Waals surface area contributed by atoms with Gasteiger partial charge in [-0.25, -0.2) is 0 Å². The number of hydrogen-bond donors (Lipinski definition) is 2. The Kier molecular flexibility index (Phi) is 9.41. The first-order valence-corrected chi connectivity index (χ1v) is 9.64. The van der Waals surface area contributed by atoms with E-state index in [2.05, 4.69) is 10.6 Å². The minimum absolute atomic E-state index is 0. The molecule has 0 saturated heterocycles. The van der Waals surface area contributed by atoms with Gasteiger partial charge in [-0.2, -0.15) is 0 Å². The van der Waals surface area contributed by atoms with Crippen LogP contribution in [0.1, 0.15) is 11.1 Å². The van der Waals surface area contributed by atoms with Crippen LogP contribution in [-0.4, -0.2) is 18.0 Å². The highest BCUT2D eigenvalue weighted by molar-refractivity contribution is 6.31. The van der Waals surface area contributed by atoms with Gasteiger partial charge in [-0.1, -0.05) is 48.0 Å². The maximum absolute atomic E-state index is 10.7. The topological polar surface area (TPSA) is 76.4 Å². The molecule has 0 fully saturated rings. The van der Waals surface area contributed by atoms with Gasteiger partial charge in [0, 0.05) is 53.6 Å². The van der Waals surface area contributed by atoms with Gasteiger partial charge in [-0.05, 0) is 24.3 Å². The van der Waals surface area contributed by atoms with E-state index in [9.17, 15) is 10.1 Å². The number of halogens is 2. The van der Waals surface area contributed by atoms with Crippen molar-refractivity contribution < 1.29 is 9.66 Å². The van der Waals surface area contributed by atoms with Crippen molar-refractivity contribution in [3.05, 3.63) is 99.1 Å². The van der Waals surface area contributed by atoms with E-state index in [1.165, 1.54) is 12.1 Å². The first-order valence-electron chi connectivity index (χ1n) is 9.26. The van der Waals surface area contributed by atoms with Crippen LogP contribution < -0.4 is 15.4 Å². The molecule has 0 aliphatic heterocycles. The molecule has 0 unspecified atom stereocenters. The summed E-state index contributed by atoms with van der Waals surface area (Å²) in [6.07, 6.45) is 0. The maximum Gasteiger partial charge on any atom is 0.269 e. The van der Waals surface area contributed by atoms with E-state index in [0.29, 0.717) is 24.7 Å². The quantitative estimate of drug-likeness (QED) is 0.245. The monoisotopic (exact) mass is 447 g/mol. The van der Waals surface area contributed by atoms with E-state index in [1.54, 1.807) is 12.1 Å². The number of anilines is 1. The summed E-state index contributed by atoms with van der Waals surface area (Å²) >= 11 is 6.19. The summed E-state index contributed by atoms with van der Waals surface area (Å²) in [4.78, 5) is 10.3. The third-order valence-electron chi connectivity index (χ3n) is 4.34. The lowest BCUT2D eigenvalue weighted by Crippen LogP contribution is -2.22. The second-order valence-electron chi connectivity index (χ2n) is 6.40. The van der Waals surface area contributed by atoms with Crippen molar-refractivity contribution in [2.24, 2.45) is 0 Å². The molecule has 0 radical (unpaired) electrons. The second kappa shape index (κ2) is 12.0. The molecule has 158 valence electrons. The number of hydrogen-bond acceptors (Lipinski definition) is 5. The first-order chi connectivity index (χ1) is 14.1. The lowest BCUT2D eigenvalue weighted by molar-refractivity contribution is -0.384. The smallest absolute Gasteiger partial charge is 0.269 e. The summed E-state index contributed by atoms with van der Waals surface area (Å²) in [5.41, 5.74) is 2.95. The van der Waals surface area contributed by atoms with Crippen LogP contribution in [-0.2, 0) is 13.2 Å². The van der Waals surface area contributed by atoms with E-state index in [0.717, 1.165) is 29.1 Å². The zero-order valence-corrected chi connectivity index (χ0v) is 17.8. The lowest BCUT2D eigenvalue weighted by atomic mass is 10.2. The molecule has 3 aromatic rings. The van der Waals surface area contributed by atoms with Gasteiger partial charge in [0.05, 0.1) is 4.92 Å². The van der Waals surface area contributed by atoms with Gasteiger partial charge in [0.15, 0.2) is 0 Å². The Morgan fingerprint density at radius 2 is 1.57 bits per heavy atom. The van der Waals surface area contributed by atoms with E-state index < -0.39 is 4.92 Å². The van der Waals surface area contributed by atoms with Gasteiger partial charge < -0.3 is 15.4 Å². The zero-order valence-electron chi connectivity index (χ0n) is 16.2. The summed E-state index contributed by atoms with van der Waals surface area (Å²) in [6, 6.07) is 21.9. The zero-order chi connectivity index (χ0) is 20.5. The number of nitro groups is 1. The van der Waals surface area contributed by atoms with Gasteiger partial charge in [-0.15, -0.1) is 12.4 Å². The summed E-state index contributed by atoms with van der Waals surface area (Å²) in [5, 5.41) is 18.0. The molecule has 0 aromatic heterocycles. The number of nitrogens with one attached hydrogen (secondary N) is 2. The summed E-state index contributed by atoms with van der Waals surface area (Å²) in [6.45, 7) is 2.51. The molecule has 0 spiro atoms.